The van der Waals surface area contributed by atoms with Crippen LogP contribution in [-0.4, -0.2) is 93.3 Å². The van der Waals surface area contributed by atoms with Crippen LogP contribution in [0.4, 0.5) is 0 Å². The number of piperazine rings is 1. The van der Waals surface area contributed by atoms with Crippen LogP contribution in [-0.2, 0) is 9.59 Å². The van der Waals surface area contributed by atoms with E-state index in [0.717, 1.165) is 68.8 Å². The lowest BCUT2D eigenvalue weighted by molar-refractivity contribution is -0.155. The van der Waals surface area contributed by atoms with E-state index in [1.165, 1.54) is 12.8 Å². The molecule has 1 N–H and O–H groups in total. The molecule has 4 saturated carbocycles. The van der Waals surface area contributed by atoms with Gasteiger partial charge in [-0.25, -0.2) is 0 Å². The molecule has 4 aliphatic carbocycles. The quantitative estimate of drug-likeness (QED) is 0.519. The standard InChI is InChI=1S/C38H50N4O4/c1-37-14-13-29-27(28(37)11-12-34(37)44)10-9-26-21-33(43)32(22-38(26,29)2)40-16-18-41(19-17-40)36(46)31-8-5-15-42(31)35(45)30-20-24-6-3-4-7-25(24)23-39-30/h3-4,6-7,20,23,26-29,31-33,43H,5,8-19,21-22H2,1-2H3/t26?,27-,28-,29+,31-,32?,33?,37-,38-/m0/s1. The molecular formula is C38H50N4O4. The van der Waals surface area contributed by atoms with Crippen molar-refractivity contribution in [2.45, 2.75) is 96.2 Å². The fourth-order valence-corrected chi connectivity index (χ4v) is 11.5. The van der Waals surface area contributed by atoms with Gasteiger partial charge in [0.2, 0.25) is 5.91 Å². The van der Waals surface area contributed by atoms with Crippen molar-refractivity contribution in [1.82, 2.24) is 19.7 Å². The van der Waals surface area contributed by atoms with Gasteiger partial charge in [0, 0.05) is 62.2 Å². The number of pyridine rings is 1. The van der Waals surface area contributed by atoms with Crippen molar-refractivity contribution in [3.63, 3.8) is 0 Å². The van der Waals surface area contributed by atoms with E-state index in [1.807, 2.05) is 35.2 Å². The molecule has 6 fully saturated rings. The monoisotopic (exact) mass is 626 g/mol. The van der Waals surface area contributed by atoms with Crippen LogP contribution in [0.25, 0.3) is 10.8 Å². The van der Waals surface area contributed by atoms with Crippen molar-refractivity contribution in [3.05, 3.63) is 42.2 Å². The summed E-state index contributed by atoms with van der Waals surface area (Å²) in [5.41, 5.74) is 0.481. The van der Waals surface area contributed by atoms with E-state index in [-0.39, 0.29) is 34.8 Å². The number of aromatic nitrogens is 1. The number of benzene rings is 1. The lowest BCUT2D eigenvalue weighted by atomic mass is 9.44. The average molecular weight is 627 g/mol. The molecule has 8 heteroatoms. The molecule has 3 unspecified atom stereocenters. The molecule has 246 valence electrons. The summed E-state index contributed by atoms with van der Waals surface area (Å²) in [4.78, 5) is 50.9. The molecule has 1 aromatic heterocycles. The fourth-order valence-electron chi connectivity index (χ4n) is 11.5. The van der Waals surface area contributed by atoms with E-state index in [0.29, 0.717) is 61.2 Å². The first kappa shape index (κ1) is 30.5. The number of carbonyl (C=O) groups excluding carboxylic acids is 3. The van der Waals surface area contributed by atoms with Crippen molar-refractivity contribution >= 4 is 28.4 Å². The highest BCUT2D eigenvalue weighted by atomic mass is 16.3. The maximum absolute atomic E-state index is 13.9. The Kier molecular flexibility index (Phi) is 7.56. The van der Waals surface area contributed by atoms with Gasteiger partial charge in [-0.2, -0.15) is 0 Å². The summed E-state index contributed by atoms with van der Waals surface area (Å²) in [7, 11) is 0. The minimum absolute atomic E-state index is 0.0500. The number of fused-ring (bicyclic) bond motifs is 6. The highest BCUT2D eigenvalue weighted by molar-refractivity contribution is 5.99. The summed E-state index contributed by atoms with van der Waals surface area (Å²) in [5, 5.41) is 13.5. The molecule has 8 nitrogen and oxygen atoms in total. The van der Waals surface area contributed by atoms with Crippen molar-refractivity contribution in [3.8, 4) is 0 Å². The summed E-state index contributed by atoms with van der Waals surface area (Å²) in [5.74, 6) is 2.75. The number of carbonyl (C=O) groups is 3. The van der Waals surface area contributed by atoms with Crippen molar-refractivity contribution in [1.29, 1.82) is 0 Å². The Bertz CT molecular complexity index is 1540. The second-order valence-electron chi connectivity index (χ2n) is 16.1. The molecule has 2 saturated heterocycles. The van der Waals surface area contributed by atoms with Gasteiger partial charge in [0.05, 0.1) is 6.10 Å². The van der Waals surface area contributed by atoms with E-state index in [9.17, 15) is 19.5 Å². The van der Waals surface area contributed by atoms with Crippen LogP contribution in [0.1, 0.15) is 88.5 Å². The SMILES string of the molecule is C[C@]12CC(N3CCN(C(=O)[C@@H]4CCCN4C(=O)c4cc5ccccc5cn4)CC3)C(O)CC1CC[C@@H]1[C@H]2CC[C@]2(C)C(=O)CC[C@@H]12. The Morgan fingerprint density at radius 3 is 2.52 bits per heavy atom. The molecule has 0 radical (unpaired) electrons. The van der Waals surface area contributed by atoms with Gasteiger partial charge in [-0.05, 0) is 98.3 Å². The summed E-state index contributed by atoms with van der Waals surface area (Å²) in [6.45, 7) is 8.12. The molecule has 0 spiro atoms. The number of hydrogen-bond acceptors (Lipinski definition) is 6. The number of ketones is 1. The van der Waals surface area contributed by atoms with Gasteiger partial charge in [-0.3, -0.25) is 24.3 Å². The van der Waals surface area contributed by atoms with E-state index >= 15 is 0 Å². The number of amides is 2. The lowest BCUT2D eigenvalue weighted by Crippen LogP contribution is -2.62. The van der Waals surface area contributed by atoms with Crippen LogP contribution >= 0.6 is 0 Å². The Morgan fingerprint density at radius 2 is 1.72 bits per heavy atom. The Morgan fingerprint density at radius 1 is 0.935 bits per heavy atom. The zero-order valence-corrected chi connectivity index (χ0v) is 27.6. The molecule has 46 heavy (non-hydrogen) atoms. The minimum Gasteiger partial charge on any atom is -0.391 e. The van der Waals surface area contributed by atoms with E-state index in [2.05, 4.69) is 23.7 Å². The first-order valence-electron chi connectivity index (χ1n) is 18.1. The second kappa shape index (κ2) is 11.4. The third kappa shape index (κ3) is 4.75. The number of nitrogens with zero attached hydrogens (tertiary/aromatic N) is 4. The van der Waals surface area contributed by atoms with Gasteiger partial charge in [-0.1, -0.05) is 38.1 Å². The van der Waals surface area contributed by atoms with E-state index in [1.54, 1.807) is 11.1 Å². The molecular weight excluding hydrogens is 576 g/mol. The fraction of sp³-hybridized carbons (Fsp3) is 0.684. The van der Waals surface area contributed by atoms with Gasteiger partial charge < -0.3 is 14.9 Å². The molecule has 2 aliphatic heterocycles. The Hall–Kier alpha value is -2.84. The summed E-state index contributed by atoms with van der Waals surface area (Å²) < 4.78 is 0. The number of Topliss-reactive ketones (excluding diaryl/α,β-unsaturated/α-hetero) is 1. The van der Waals surface area contributed by atoms with Crippen LogP contribution in [0.5, 0.6) is 0 Å². The zero-order valence-electron chi connectivity index (χ0n) is 27.6. The normalized spacial score (nSPS) is 39.6. The van der Waals surface area contributed by atoms with E-state index < -0.39 is 6.04 Å². The third-order valence-corrected chi connectivity index (χ3v) is 14.1. The van der Waals surface area contributed by atoms with Gasteiger partial charge in [-0.15, -0.1) is 0 Å². The van der Waals surface area contributed by atoms with Crippen molar-refractivity contribution in [2.24, 2.45) is 34.5 Å². The molecule has 2 amide bonds. The predicted molar refractivity (Wildman–Crippen MR) is 176 cm³/mol. The Balaban J connectivity index is 0.924. The van der Waals surface area contributed by atoms with Crippen molar-refractivity contribution < 1.29 is 19.5 Å². The number of hydrogen-bond donors (Lipinski definition) is 1. The van der Waals surface area contributed by atoms with Crippen LogP contribution in [0, 0.1) is 34.5 Å². The highest BCUT2D eigenvalue weighted by Crippen LogP contribution is 2.65. The van der Waals surface area contributed by atoms with Gasteiger partial charge in [0.15, 0.2) is 0 Å². The van der Waals surface area contributed by atoms with Crippen LogP contribution in [0.15, 0.2) is 36.5 Å². The maximum Gasteiger partial charge on any atom is 0.273 e. The average Bonchev–Trinajstić information content (AvgIpc) is 3.68. The topological polar surface area (TPSA) is 94.1 Å². The molecule has 1 aromatic carbocycles. The number of aliphatic hydroxyl groups is 1. The molecule has 2 aromatic rings. The van der Waals surface area contributed by atoms with Crippen LogP contribution in [0.3, 0.4) is 0 Å². The minimum atomic E-state index is -0.439. The summed E-state index contributed by atoms with van der Waals surface area (Å²) >= 11 is 0. The second-order valence-corrected chi connectivity index (χ2v) is 16.1. The molecule has 3 heterocycles. The first-order valence-corrected chi connectivity index (χ1v) is 18.1. The van der Waals surface area contributed by atoms with E-state index in [4.69, 9.17) is 0 Å². The molecule has 0 bridgehead atoms. The lowest BCUT2D eigenvalue weighted by Gasteiger charge is -2.62. The maximum atomic E-state index is 13.9. The number of likely N-dealkylation sites (tertiary alicyclic amines) is 1. The van der Waals surface area contributed by atoms with Gasteiger partial charge >= 0.3 is 0 Å². The molecule has 8 rings (SSSR count). The zero-order chi connectivity index (χ0) is 31.8. The molecule has 6 aliphatic rings. The predicted octanol–water partition coefficient (Wildman–Crippen LogP) is 4.93. The number of aliphatic hydroxyl groups excluding tert-OH is 1. The molecule has 9 atom stereocenters. The summed E-state index contributed by atoms with van der Waals surface area (Å²) in [6.07, 6.45) is 11.2. The van der Waals surface area contributed by atoms with Crippen LogP contribution < -0.4 is 0 Å². The van der Waals surface area contributed by atoms with Crippen LogP contribution in [0.2, 0.25) is 0 Å². The number of rotatable bonds is 3. The third-order valence-electron chi connectivity index (χ3n) is 14.1. The van der Waals surface area contributed by atoms with Gasteiger partial charge in [0.25, 0.3) is 5.91 Å². The largest absolute Gasteiger partial charge is 0.391 e. The van der Waals surface area contributed by atoms with Crippen molar-refractivity contribution in [2.75, 3.05) is 32.7 Å². The summed E-state index contributed by atoms with van der Waals surface area (Å²) in [6, 6.07) is 9.40. The Labute approximate surface area is 272 Å². The van der Waals surface area contributed by atoms with Gasteiger partial charge in [0.1, 0.15) is 17.5 Å². The first-order chi connectivity index (χ1) is 22.2. The highest BCUT2D eigenvalue weighted by Gasteiger charge is 2.61. The smallest absolute Gasteiger partial charge is 0.273 e.